The lowest BCUT2D eigenvalue weighted by atomic mass is 10.1. The molecular weight excluding hydrogens is 246 g/mol. The molecule has 2 rings (SSSR count). The number of carbonyl (C=O) groups excluding carboxylic acids is 1. The largest absolute Gasteiger partial charge is 0.373 e. The third kappa shape index (κ3) is 2.77. The first-order valence-electron chi connectivity index (χ1n) is 6.13. The topological polar surface area (TPSA) is 45.2 Å². The predicted octanol–water partition coefficient (Wildman–Crippen LogP) is 2.01. The van der Waals surface area contributed by atoms with E-state index in [0.29, 0.717) is 11.6 Å². The van der Waals surface area contributed by atoms with E-state index in [0.717, 1.165) is 29.4 Å². The molecule has 1 N–H and O–H groups in total. The summed E-state index contributed by atoms with van der Waals surface area (Å²) in [6.07, 6.45) is 1.09. The summed E-state index contributed by atoms with van der Waals surface area (Å²) < 4.78 is 0. The van der Waals surface area contributed by atoms with Crippen LogP contribution in [0, 0.1) is 6.92 Å². The zero-order valence-electron chi connectivity index (χ0n) is 11.1. The van der Waals surface area contributed by atoms with E-state index in [1.165, 1.54) is 0 Å². The predicted molar refractivity (Wildman–Crippen MR) is 76.3 cm³/mol. The van der Waals surface area contributed by atoms with Gasteiger partial charge in [-0.3, -0.25) is 4.79 Å². The zero-order valence-corrected chi connectivity index (χ0v) is 11.9. The number of nitrogens with zero attached hydrogens (tertiary/aromatic N) is 2. The molecule has 2 heterocycles. The zero-order chi connectivity index (χ0) is 13.1. The number of thioether (sulfide) groups is 1. The van der Waals surface area contributed by atoms with Crippen LogP contribution >= 0.6 is 11.8 Å². The molecule has 98 valence electrons. The van der Waals surface area contributed by atoms with E-state index in [2.05, 4.69) is 10.3 Å². The van der Waals surface area contributed by atoms with Crippen molar-refractivity contribution in [3.63, 3.8) is 0 Å². The minimum Gasteiger partial charge on any atom is -0.373 e. The molecule has 0 aliphatic carbocycles. The van der Waals surface area contributed by atoms with E-state index in [4.69, 9.17) is 0 Å². The Balaban J connectivity index is 2.19. The van der Waals surface area contributed by atoms with Crippen molar-refractivity contribution < 1.29 is 4.79 Å². The van der Waals surface area contributed by atoms with Crippen molar-refractivity contribution in [2.24, 2.45) is 0 Å². The van der Waals surface area contributed by atoms with Crippen molar-refractivity contribution in [3.8, 4) is 0 Å². The standard InChI is InChI=1S/C13H19N3OS/c1-9-6-10(7-12(14-2)15-9)13(17)16(3)11-4-5-18-8-11/h6-7,11H,4-5,8H2,1-3H3,(H,14,15). The lowest BCUT2D eigenvalue weighted by Crippen LogP contribution is -2.37. The lowest BCUT2D eigenvalue weighted by molar-refractivity contribution is 0.0747. The third-order valence-corrected chi connectivity index (χ3v) is 4.38. The van der Waals surface area contributed by atoms with Crippen LogP contribution in [0.1, 0.15) is 22.5 Å². The van der Waals surface area contributed by atoms with Gasteiger partial charge in [-0.1, -0.05) is 0 Å². The van der Waals surface area contributed by atoms with E-state index >= 15 is 0 Å². The van der Waals surface area contributed by atoms with Crippen molar-refractivity contribution in [1.29, 1.82) is 0 Å². The molecule has 1 unspecified atom stereocenters. The number of nitrogens with one attached hydrogen (secondary N) is 1. The summed E-state index contributed by atoms with van der Waals surface area (Å²) in [6, 6.07) is 4.03. The number of amides is 1. The minimum atomic E-state index is 0.0875. The Kier molecular flexibility index (Phi) is 4.11. The van der Waals surface area contributed by atoms with Crippen molar-refractivity contribution in [2.45, 2.75) is 19.4 Å². The maximum absolute atomic E-state index is 12.4. The molecule has 0 saturated carbocycles. The van der Waals surface area contributed by atoms with Gasteiger partial charge in [0, 0.05) is 37.1 Å². The first kappa shape index (κ1) is 13.2. The van der Waals surface area contributed by atoms with E-state index in [9.17, 15) is 4.79 Å². The van der Waals surface area contributed by atoms with Gasteiger partial charge in [-0.25, -0.2) is 4.98 Å². The molecule has 0 bridgehead atoms. The number of rotatable bonds is 3. The van der Waals surface area contributed by atoms with E-state index in [1.807, 2.05) is 49.8 Å². The maximum Gasteiger partial charge on any atom is 0.254 e. The smallest absolute Gasteiger partial charge is 0.254 e. The summed E-state index contributed by atoms with van der Waals surface area (Å²) >= 11 is 1.92. The van der Waals surface area contributed by atoms with Crippen LogP contribution in [0.4, 0.5) is 5.82 Å². The van der Waals surface area contributed by atoms with E-state index in [-0.39, 0.29) is 5.91 Å². The molecule has 1 aliphatic heterocycles. The van der Waals surface area contributed by atoms with Gasteiger partial charge in [0.05, 0.1) is 0 Å². The summed E-state index contributed by atoms with van der Waals surface area (Å²) in [5, 5.41) is 2.99. The van der Waals surface area contributed by atoms with Gasteiger partial charge >= 0.3 is 0 Å². The Labute approximate surface area is 112 Å². The van der Waals surface area contributed by atoms with Crippen LogP contribution in [0.5, 0.6) is 0 Å². The second-order valence-electron chi connectivity index (χ2n) is 4.57. The Hall–Kier alpha value is -1.23. The van der Waals surface area contributed by atoms with E-state index < -0.39 is 0 Å². The lowest BCUT2D eigenvalue weighted by Gasteiger charge is -2.24. The number of hydrogen-bond acceptors (Lipinski definition) is 4. The van der Waals surface area contributed by atoms with Crippen LogP contribution < -0.4 is 5.32 Å². The molecule has 4 nitrogen and oxygen atoms in total. The Bertz CT molecular complexity index is 444. The van der Waals surface area contributed by atoms with Gasteiger partial charge in [-0.15, -0.1) is 0 Å². The summed E-state index contributed by atoms with van der Waals surface area (Å²) in [6.45, 7) is 1.91. The Morgan fingerprint density at radius 2 is 2.33 bits per heavy atom. The van der Waals surface area contributed by atoms with Crippen LogP contribution in [-0.2, 0) is 0 Å². The van der Waals surface area contributed by atoms with Crippen molar-refractivity contribution >= 4 is 23.5 Å². The van der Waals surface area contributed by atoms with Gasteiger partial charge in [0.25, 0.3) is 5.91 Å². The average molecular weight is 265 g/mol. The number of pyridine rings is 1. The molecule has 5 heteroatoms. The highest BCUT2D eigenvalue weighted by molar-refractivity contribution is 7.99. The first-order valence-corrected chi connectivity index (χ1v) is 7.28. The van der Waals surface area contributed by atoms with Crippen LogP contribution in [-0.4, -0.2) is 47.4 Å². The first-order chi connectivity index (χ1) is 8.61. The molecule has 18 heavy (non-hydrogen) atoms. The fourth-order valence-corrected chi connectivity index (χ4v) is 3.38. The average Bonchev–Trinajstić information content (AvgIpc) is 2.90. The normalized spacial score (nSPS) is 18.7. The minimum absolute atomic E-state index is 0.0875. The Morgan fingerprint density at radius 1 is 1.56 bits per heavy atom. The highest BCUT2D eigenvalue weighted by atomic mass is 32.2. The van der Waals surface area contributed by atoms with Crippen molar-refractivity contribution in [3.05, 3.63) is 23.4 Å². The molecule has 1 aromatic rings. The number of carbonyl (C=O) groups is 1. The molecule has 0 aromatic carbocycles. The second-order valence-corrected chi connectivity index (χ2v) is 5.72. The molecule has 1 aromatic heterocycles. The third-order valence-electron chi connectivity index (χ3n) is 3.23. The number of aromatic nitrogens is 1. The van der Waals surface area contributed by atoms with Gasteiger partial charge in [-0.2, -0.15) is 11.8 Å². The van der Waals surface area contributed by atoms with Crippen LogP contribution in [0.3, 0.4) is 0 Å². The summed E-state index contributed by atoms with van der Waals surface area (Å²) in [5.74, 6) is 3.03. The molecule has 1 fully saturated rings. The monoisotopic (exact) mass is 265 g/mol. The SMILES string of the molecule is CNc1cc(C(=O)N(C)C2CCSC2)cc(C)n1. The number of aryl methyl sites for hydroxylation is 1. The molecular formula is C13H19N3OS. The fourth-order valence-electron chi connectivity index (χ4n) is 2.12. The summed E-state index contributed by atoms with van der Waals surface area (Å²) in [5.41, 5.74) is 1.57. The second kappa shape index (κ2) is 5.61. The van der Waals surface area contributed by atoms with Gasteiger partial charge in [0.2, 0.25) is 0 Å². The fraction of sp³-hybridized carbons (Fsp3) is 0.538. The summed E-state index contributed by atoms with van der Waals surface area (Å²) in [7, 11) is 3.71. The highest BCUT2D eigenvalue weighted by Gasteiger charge is 2.24. The van der Waals surface area contributed by atoms with Crippen molar-refractivity contribution in [1.82, 2.24) is 9.88 Å². The van der Waals surface area contributed by atoms with Crippen LogP contribution in [0.15, 0.2) is 12.1 Å². The molecule has 1 amide bonds. The van der Waals surface area contributed by atoms with Gasteiger partial charge < -0.3 is 10.2 Å². The molecule has 1 atom stereocenters. The molecule has 0 radical (unpaired) electrons. The van der Waals surface area contributed by atoms with Gasteiger partial charge in [0.1, 0.15) is 5.82 Å². The number of anilines is 1. The molecule has 1 saturated heterocycles. The number of hydrogen-bond donors (Lipinski definition) is 1. The summed E-state index contributed by atoms with van der Waals surface area (Å²) in [4.78, 5) is 18.6. The maximum atomic E-state index is 12.4. The van der Waals surface area contributed by atoms with Gasteiger partial charge in [-0.05, 0) is 31.2 Å². The van der Waals surface area contributed by atoms with Crippen molar-refractivity contribution in [2.75, 3.05) is 30.9 Å². The van der Waals surface area contributed by atoms with Gasteiger partial charge in [0.15, 0.2) is 0 Å². The van der Waals surface area contributed by atoms with Crippen LogP contribution in [0.2, 0.25) is 0 Å². The highest BCUT2D eigenvalue weighted by Crippen LogP contribution is 2.23. The quantitative estimate of drug-likeness (QED) is 0.908. The molecule has 1 aliphatic rings. The Morgan fingerprint density at radius 3 is 2.94 bits per heavy atom. The molecule has 0 spiro atoms. The van der Waals surface area contributed by atoms with Crippen LogP contribution in [0.25, 0.3) is 0 Å². The van der Waals surface area contributed by atoms with E-state index in [1.54, 1.807) is 0 Å².